The van der Waals surface area contributed by atoms with Gasteiger partial charge in [0.1, 0.15) is 24.3 Å². The van der Waals surface area contributed by atoms with Crippen LogP contribution in [0.1, 0.15) is 49.4 Å². The van der Waals surface area contributed by atoms with Gasteiger partial charge in [0.05, 0.1) is 32.3 Å². The summed E-state index contributed by atoms with van der Waals surface area (Å²) in [6.45, 7) is 4.62. The Balaban J connectivity index is 1.27. The molecule has 8 nitrogen and oxygen atoms in total. The molecular formula is C33H39F4N3O5. The van der Waals surface area contributed by atoms with Crippen molar-refractivity contribution >= 4 is 16.9 Å². The third kappa shape index (κ3) is 8.22. The van der Waals surface area contributed by atoms with Crippen molar-refractivity contribution in [3.63, 3.8) is 0 Å². The van der Waals surface area contributed by atoms with Crippen molar-refractivity contribution in [2.45, 2.75) is 44.8 Å². The van der Waals surface area contributed by atoms with Gasteiger partial charge in [0.2, 0.25) is 0 Å². The zero-order valence-electron chi connectivity index (χ0n) is 25.4. The van der Waals surface area contributed by atoms with Gasteiger partial charge in [0.15, 0.2) is 17.4 Å². The number of halogens is 4. The number of benzene rings is 2. The largest absolute Gasteiger partial charge is 0.497 e. The molecular weight excluding hydrogens is 594 g/mol. The lowest BCUT2D eigenvalue weighted by molar-refractivity contribution is -0.141. The fraction of sp³-hybridized carbons (Fsp3) is 0.515. The number of fused-ring (bicyclic) bond motifs is 1. The summed E-state index contributed by atoms with van der Waals surface area (Å²) in [6, 6.07) is 6.54. The van der Waals surface area contributed by atoms with Crippen LogP contribution < -0.4 is 9.47 Å². The number of ether oxygens (including phenoxy) is 3. The van der Waals surface area contributed by atoms with Gasteiger partial charge in [-0.05, 0) is 68.0 Å². The molecule has 0 unspecified atom stereocenters. The summed E-state index contributed by atoms with van der Waals surface area (Å²) >= 11 is 0. The fourth-order valence-corrected chi connectivity index (χ4v) is 6.46. The monoisotopic (exact) mass is 633 g/mol. The SMILES string of the molecule is COc1ccc2ncc(CN3CCOCC3)c([C@H](F)CCC3(CC(=O)O)CCN(CCOc4c(F)cc(F)cc4F)CC3)c2c1. The van der Waals surface area contributed by atoms with Gasteiger partial charge in [0.25, 0.3) is 0 Å². The van der Waals surface area contributed by atoms with Crippen molar-refractivity contribution < 1.29 is 41.7 Å². The molecule has 0 amide bonds. The van der Waals surface area contributed by atoms with Crippen LogP contribution in [-0.2, 0) is 16.1 Å². The summed E-state index contributed by atoms with van der Waals surface area (Å²) < 4.78 is 73.7. The molecule has 2 aromatic carbocycles. The summed E-state index contributed by atoms with van der Waals surface area (Å²) in [5, 5.41) is 10.5. The molecule has 0 spiro atoms. The highest BCUT2D eigenvalue weighted by molar-refractivity contribution is 5.85. The molecule has 0 bridgehead atoms. The number of carbonyl (C=O) groups is 1. The quantitative estimate of drug-likeness (QED) is 0.233. The number of carboxylic acids is 1. The van der Waals surface area contributed by atoms with Crippen LogP contribution in [0.5, 0.6) is 11.5 Å². The maximum atomic E-state index is 16.5. The Morgan fingerprint density at radius 2 is 1.78 bits per heavy atom. The van der Waals surface area contributed by atoms with Crippen LogP contribution in [0.4, 0.5) is 17.6 Å². The molecule has 12 heteroatoms. The number of hydrogen-bond acceptors (Lipinski definition) is 7. The second kappa shape index (κ2) is 14.7. The maximum absolute atomic E-state index is 16.5. The molecule has 5 rings (SSSR count). The lowest BCUT2D eigenvalue weighted by atomic mass is 9.71. The number of aliphatic carboxylic acids is 1. The van der Waals surface area contributed by atoms with Crippen LogP contribution in [0, 0.1) is 22.9 Å². The second-order valence-electron chi connectivity index (χ2n) is 11.9. The summed E-state index contributed by atoms with van der Waals surface area (Å²) in [5.74, 6) is -4.20. The van der Waals surface area contributed by atoms with E-state index in [1.165, 1.54) is 0 Å². The standard InChI is InChI=1S/C33H39F4N3O5/c1-43-24-2-3-29-25(18-24)31(22(20-38-29)21-40-10-13-44-14-11-40)26(35)4-5-33(19-30(41)42)6-8-39(9-7-33)12-15-45-32-27(36)16-23(34)17-28(32)37/h2-3,16-18,20,26H,4-15,19,21H2,1H3,(H,41,42)/t26-/m1/s1. The molecule has 2 aliphatic rings. The minimum Gasteiger partial charge on any atom is -0.497 e. The van der Waals surface area contributed by atoms with E-state index in [4.69, 9.17) is 14.2 Å². The first-order valence-corrected chi connectivity index (χ1v) is 15.3. The molecule has 2 saturated heterocycles. The van der Waals surface area contributed by atoms with Crippen molar-refractivity contribution in [2.75, 3.05) is 59.7 Å². The molecule has 1 aromatic heterocycles. The van der Waals surface area contributed by atoms with E-state index in [0.717, 1.165) is 18.7 Å². The molecule has 0 aliphatic carbocycles. The van der Waals surface area contributed by atoms with Gasteiger partial charge in [-0.1, -0.05) is 0 Å². The Bertz CT molecular complexity index is 1460. The van der Waals surface area contributed by atoms with Crippen LogP contribution in [-0.4, -0.2) is 85.5 Å². The Labute approximate surface area is 259 Å². The second-order valence-corrected chi connectivity index (χ2v) is 11.9. The minimum absolute atomic E-state index is 0.0253. The molecule has 1 atom stereocenters. The number of rotatable bonds is 13. The number of piperidine rings is 1. The first kappa shape index (κ1) is 32.9. The highest BCUT2D eigenvalue weighted by atomic mass is 19.1. The zero-order valence-corrected chi connectivity index (χ0v) is 25.4. The van der Waals surface area contributed by atoms with E-state index in [0.29, 0.717) is 93.0 Å². The van der Waals surface area contributed by atoms with E-state index in [1.54, 1.807) is 19.4 Å². The van der Waals surface area contributed by atoms with Gasteiger partial charge in [0, 0.05) is 55.5 Å². The number of methoxy groups -OCH3 is 1. The molecule has 1 N–H and O–H groups in total. The van der Waals surface area contributed by atoms with Gasteiger partial charge in [-0.2, -0.15) is 0 Å². The first-order valence-electron chi connectivity index (χ1n) is 15.3. The minimum atomic E-state index is -1.35. The van der Waals surface area contributed by atoms with Crippen molar-refractivity contribution in [3.8, 4) is 11.5 Å². The van der Waals surface area contributed by atoms with Crippen LogP contribution in [0.15, 0.2) is 36.5 Å². The lowest BCUT2D eigenvalue weighted by Crippen LogP contribution is -2.42. The number of pyridine rings is 1. The molecule has 3 aromatic rings. The molecule has 3 heterocycles. The Morgan fingerprint density at radius 1 is 1.07 bits per heavy atom. The van der Waals surface area contributed by atoms with E-state index < -0.39 is 40.8 Å². The predicted octanol–water partition coefficient (Wildman–Crippen LogP) is 5.92. The van der Waals surface area contributed by atoms with E-state index in [2.05, 4.69) is 9.88 Å². The van der Waals surface area contributed by atoms with Gasteiger partial charge in [-0.15, -0.1) is 0 Å². The average molecular weight is 634 g/mol. The van der Waals surface area contributed by atoms with Gasteiger partial charge >= 0.3 is 5.97 Å². The summed E-state index contributed by atoms with van der Waals surface area (Å²) in [5.41, 5.74) is 1.41. The molecule has 2 aliphatic heterocycles. The van der Waals surface area contributed by atoms with Gasteiger partial charge < -0.3 is 19.3 Å². The average Bonchev–Trinajstić information content (AvgIpc) is 3.02. The van der Waals surface area contributed by atoms with E-state index in [-0.39, 0.29) is 19.4 Å². The Morgan fingerprint density at radius 3 is 2.44 bits per heavy atom. The highest BCUT2D eigenvalue weighted by Gasteiger charge is 2.37. The van der Waals surface area contributed by atoms with Crippen molar-refractivity contribution in [1.29, 1.82) is 0 Å². The van der Waals surface area contributed by atoms with E-state index in [1.807, 2.05) is 17.0 Å². The smallest absolute Gasteiger partial charge is 0.303 e. The lowest BCUT2D eigenvalue weighted by Gasteiger charge is -2.41. The Kier molecular flexibility index (Phi) is 10.8. The van der Waals surface area contributed by atoms with Crippen LogP contribution >= 0.6 is 0 Å². The number of morpholine rings is 1. The fourth-order valence-electron chi connectivity index (χ4n) is 6.46. The number of nitrogens with zero attached hydrogens (tertiary/aromatic N) is 3. The normalized spacial score (nSPS) is 18.2. The molecule has 0 saturated carbocycles. The first-order chi connectivity index (χ1) is 21.7. The molecule has 0 radical (unpaired) electrons. The van der Waals surface area contributed by atoms with Crippen molar-refractivity contribution in [1.82, 2.24) is 14.8 Å². The van der Waals surface area contributed by atoms with Gasteiger partial charge in [-0.3, -0.25) is 19.6 Å². The Hall–Kier alpha value is -3.48. The van der Waals surface area contributed by atoms with Crippen molar-refractivity contribution in [2.24, 2.45) is 5.41 Å². The predicted molar refractivity (Wildman–Crippen MR) is 160 cm³/mol. The van der Waals surface area contributed by atoms with Crippen LogP contribution in [0.25, 0.3) is 10.9 Å². The number of alkyl halides is 1. The topological polar surface area (TPSA) is 84.4 Å². The number of carboxylic acid groups (broad SMARTS) is 1. The van der Waals surface area contributed by atoms with Crippen LogP contribution in [0.3, 0.4) is 0 Å². The molecule has 244 valence electrons. The third-order valence-electron chi connectivity index (χ3n) is 9.00. The summed E-state index contributed by atoms with van der Waals surface area (Å²) in [6.07, 6.45) is 1.88. The number of likely N-dealkylation sites (tertiary alicyclic amines) is 1. The van der Waals surface area contributed by atoms with E-state index >= 15 is 4.39 Å². The zero-order chi connectivity index (χ0) is 32.0. The van der Waals surface area contributed by atoms with Crippen molar-refractivity contribution in [3.05, 3.63) is 65.1 Å². The van der Waals surface area contributed by atoms with Gasteiger partial charge in [-0.25, -0.2) is 17.6 Å². The number of aromatic nitrogens is 1. The summed E-state index contributed by atoms with van der Waals surface area (Å²) in [4.78, 5) is 20.8. The highest BCUT2D eigenvalue weighted by Crippen LogP contribution is 2.43. The maximum Gasteiger partial charge on any atom is 0.303 e. The molecule has 45 heavy (non-hydrogen) atoms. The molecule has 2 fully saturated rings. The summed E-state index contributed by atoms with van der Waals surface area (Å²) in [7, 11) is 1.56. The van der Waals surface area contributed by atoms with Crippen LogP contribution in [0.2, 0.25) is 0 Å². The van der Waals surface area contributed by atoms with E-state index in [9.17, 15) is 23.1 Å². The number of hydrogen-bond donors (Lipinski definition) is 1. The third-order valence-corrected chi connectivity index (χ3v) is 9.00.